The summed E-state index contributed by atoms with van der Waals surface area (Å²) in [5.74, 6) is 0. The largest absolute Gasteiger partial charge is 0.309 e. The molecule has 3 aromatic carbocycles. The van der Waals surface area contributed by atoms with E-state index in [0.717, 1.165) is 25.9 Å². The van der Waals surface area contributed by atoms with Crippen molar-refractivity contribution in [3.63, 3.8) is 0 Å². The van der Waals surface area contributed by atoms with E-state index in [2.05, 4.69) is 15.9 Å². The zero-order valence-corrected chi connectivity index (χ0v) is 14.7. The molecule has 0 fully saturated rings. The highest BCUT2D eigenvalue weighted by Crippen LogP contribution is 2.44. The van der Waals surface area contributed by atoms with Crippen molar-refractivity contribution in [3.05, 3.63) is 88.9 Å². The van der Waals surface area contributed by atoms with Crippen molar-refractivity contribution in [2.45, 2.75) is 6.92 Å². The lowest BCUT2D eigenvalue weighted by molar-refractivity contribution is 0.592. The summed E-state index contributed by atoms with van der Waals surface area (Å²) in [6, 6.07) is 25.4. The molecule has 0 saturated carbocycles. The van der Waals surface area contributed by atoms with Crippen molar-refractivity contribution in [3.8, 4) is 0 Å². The number of rotatable bonds is 3. The molecule has 22 heavy (non-hydrogen) atoms. The second kappa shape index (κ2) is 6.24. The summed E-state index contributed by atoms with van der Waals surface area (Å²) in [6.45, 7) is 2.03. The van der Waals surface area contributed by atoms with E-state index < -0.39 is 7.14 Å². The van der Waals surface area contributed by atoms with Gasteiger partial charge < -0.3 is 4.57 Å². The van der Waals surface area contributed by atoms with Crippen LogP contribution in [0, 0.1) is 6.92 Å². The van der Waals surface area contributed by atoms with E-state index in [4.69, 9.17) is 0 Å². The van der Waals surface area contributed by atoms with Crippen LogP contribution in [-0.4, -0.2) is 0 Å². The highest BCUT2D eigenvalue weighted by Gasteiger charge is 2.31. The van der Waals surface area contributed by atoms with Gasteiger partial charge in [0, 0.05) is 20.4 Å². The van der Waals surface area contributed by atoms with Gasteiger partial charge in [-0.15, -0.1) is 0 Å². The molecule has 3 heteroatoms. The van der Waals surface area contributed by atoms with Gasteiger partial charge in [0.1, 0.15) is 0 Å². The van der Waals surface area contributed by atoms with Gasteiger partial charge in [0.05, 0.1) is 0 Å². The number of aryl methyl sites for hydroxylation is 1. The maximum Gasteiger partial charge on any atom is 0.172 e. The molecule has 0 heterocycles. The van der Waals surface area contributed by atoms with E-state index in [1.807, 2.05) is 85.8 Å². The molecule has 0 radical (unpaired) electrons. The predicted octanol–water partition coefficient (Wildman–Crippen LogP) is 4.40. The minimum atomic E-state index is -2.88. The molecule has 0 N–H and O–H groups in total. The normalized spacial score (nSPS) is 11.4. The third-order valence-electron chi connectivity index (χ3n) is 3.68. The molecular formula is C19H16BrOP. The van der Waals surface area contributed by atoms with Crippen LogP contribution in [0.4, 0.5) is 0 Å². The van der Waals surface area contributed by atoms with E-state index in [0.29, 0.717) is 0 Å². The lowest BCUT2D eigenvalue weighted by Gasteiger charge is -2.21. The van der Waals surface area contributed by atoms with Crippen molar-refractivity contribution >= 4 is 39.0 Å². The van der Waals surface area contributed by atoms with Crippen molar-refractivity contribution in [1.29, 1.82) is 0 Å². The number of hydrogen-bond donors (Lipinski definition) is 0. The molecular weight excluding hydrogens is 355 g/mol. The first-order chi connectivity index (χ1) is 10.6. The Balaban J connectivity index is 2.31. The Kier molecular flexibility index (Phi) is 4.33. The van der Waals surface area contributed by atoms with Gasteiger partial charge >= 0.3 is 0 Å². The number of benzene rings is 3. The Labute approximate surface area is 139 Å². The van der Waals surface area contributed by atoms with Crippen LogP contribution in [0.3, 0.4) is 0 Å². The predicted molar refractivity (Wildman–Crippen MR) is 98.3 cm³/mol. The Morgan fingerprint density at radius 2 is 1.27 bits per heavy atom. The lowest BCUT2D eigenvalue weighted by Crippen LogP contribution is -2.25. The Morgan fingerprint density at radius 1 is 0.773 bits per heavy atom. The van der Waals surface area contributed by atoms with Gasteiger partial charge in [-0.05, 0) is 40.5 Å². The molecule has 0 aliphatic rings. The SMILES string of the molecule is Cc1ccc(P(=O)(c2ccccc2)c2ccccc2)c(Br)c1. The van der Waals surface area contributed by atoms with Crippen LogP contribution in [0.1, 0.15) is 5.56 Å². The summed E-state index contributed by atoms with van der Waals surface area (Å²) in [5, 5.41) is 2.55. The van der Waals surface area contributed by atoms with Crippen molar-refractivity contribution in [1.82, 2.24) is 0 Å². The molecule has 0 atom stereocenters. The molecule has 0 amide bonds. The van der Waals surface area contributed by atoms with Gasteiger partial charge in [-0.2, -0.15) is 0 Å². The number of halogens is 1. The quantitative estimate of drug-likeness (QED) is 0.624. The highest BCUT2D eigenvalue weighted by molar-refractivity contribution is 9.10. The fourth-order valence-corrected chi connectivity index (χ4v) is 6.50. The first kappa shape index (κ1) is 15.3. The first-order valence-electron chi connectivity index (χ1n) is 7.10. The van der Waals surface area contributed by atoms with Crippen molar-refractivity contribution in [2.24, 2.45) is 0 Å². The third kappa shape index (κ3) is 2.69. The average Bonchev–Trinajstić information content (AvgIpc) is 2.56. The molecule has 0 bridgehead atoms. The minimum Gasteiger partial charge on any atom is -0.309 e. The van der Waals surface area contributed by atoms with E-state index in [1.54, 1.807) is 0 Å². The lowest BCUT2D eigenvalue weighted by atomic mass is 10.2. The minimum absolute atomic E-state index is 0.843. The molecule has 0 aromatic heterocycles. The van der Waals surface area contributed by atoms with Crippen LogP contribution < -0.4 is 15.9 Å². The summed E-state index contributed by atoms with van der Waals surface area (Å²) in [7, 11) is -2.88. The molecule has 1 nitrogen and oxygen atoms in total. The van der Waals surface area contributed by atoms with E-state index in [1.165, 1.54) is 0 Å². The maximum absolute atomic E-state index is 14.1. The molecule has 0 aliphatic carbocycles. The van der Waals surface area contributed by atoms with Gasteiger partial charge in [-0.25, -0.2) is 0 Å². The van der Waals surface area contributed by atoms with Crippen LogP contribution in [0.5, 0.6) is 0 Å². The fourth-order valence-electron chi connectivity index (χ4n) is 2.57. The average molecular weight is 371 g/mol. The third-order valence-corrected chi connectivity index (χ3v) is 7.76. The van der Waals surface area contributed by atoms with Gasteiger partial charge in [0.2, 0.25) is 0 Å². The van der Waals surface area contributed by atoms with E-state index in [9.17, 15) is 4.57 Å². The molecule has 0 spiro atoms. The van der Waals surface area contributed by atoms with Crippen LogP contribution in [-0.2, 0) is 4.57 Å². The van der Waals surface area contributed by atoms with Crippen molar-refractivity contribution in [2.75, 3.05) is 0 Å². The fraction of sp³-hybridized carbons (Fsp3) is 0.0526. The summed E-state index contributed by atoms with van der Waals surface area (Å²) in [5.41, 5.74) is 1.14. The maximum atomic E-state index is 14.1. The second-order valence-corrected chi connectivity index (χ2v) is 8.82. The van der Waals surface area contributed by atoms with Gasteiger partial charge in [0.15, 0.2) is 7.14 Å². The molecule has 0 aliphatic heterocycles. The smallest absolute Gasteiger partial charge is 0.172 e. The highest BCUT2D eigenvalue weighted by atomic mass is 79.9. The van der Waals surface area contributed by atoms with Crippen LogP contribution in [0.2, 0.25) is 0 Å². The standard InChI is InChI=1S/C19H16BrOP/c1-15-12-13-19(18(20)14-15)22(21,16-8-4-2-5-9-16)17-10-6-3-7-11-17/h2-14H,1H3. The summed E-state index contributed by atoms with van der Waals surface area (Å²) in [6.07, 6.45) is 0. The first-order valence-corrected chi connectivity index (χ1v) is 9.60. The van der Waals surface area contributed by atoms with Crippen LogP contribution in [0.25, 0.3) is 0 Å². The second-order valence-electron chi connectivity index (χ2n) is 5.24. The van der Waals surface area contributed by atoms with E-state index in [-0.39, 0.29) is 0 Å². The molecule has 0 unspecified atom stereocenters. The number of hydrogen-bond acceptors (Lipinski definition) is 1. The molecule has 0 saturated heterocycles. The van der Waals surface area contributed by atoms with Crippen molar-refractivity contribution < 1.29 is 4.57 Å². The monoisotopic (exact) mass is 370 g/mol. The van der Waals surface area contributed by atoms with Gasteiger partial charge in [-0.3, -0.25) is 0 Å². The van der Waals surface area contributed by atoms with Crippen LogP contribution >= 0.6 is 23.1 Å². The zero-order valence-electron chi connectivity index (χ0n) is 12.2. The van der Waals surface area contributed by atoms with Crippen LogP contribution in [0.15, 0.2) is 83.3 Å². The van der Waals surface area contributed by atoms with E-state index >= 15 is 0 Å². The summed E-state index contributed by atoms with van der Waals surface area (Å²) in [4.78, 5) is 0. The molecule has 3 rings (SSSR count). The summed E-state index contributed by atoms with van der Waals surface area (Å²) < 4.78 is 15.0. The topological polar surface area (TPSA) is 17.1 Å². The molecule has 3 aromatic rings. The van der Waals surface area contributed by atoms with Gasteiger partial charge in [-0.1, -0.05) is 66.7 Å². The summed E-state index contributed by atoms with van der Waals surface area (Å²) >= 11 is 3.61. The zero-order chi connectivity index (χ0) is 15.6. The Hall–Kier alpha value is -1.63. The molecule has 110 valence electrons. The van der Waals surface area contributed by atoms with Gasteiger partial charge in [0.25, 0.3) is 0 Å². The Bertz CT molecular complexity index is 785. The Morgan fingerprint density at radius 3 is 1.73 bits per heavy atom.